The Morgan fingerprint density at radius 1 is 1.15 bits per heavy atom. The molecule has 0 bridgehead atoms. The van der Waals surface area contributed by atoms with E-state index in [1.807, 2.05) is 30.3 Å². The molecule has 0 spiro atoms. The maximum atomic E-state index is 11.9. The maximum absolute atomic E-state index is 11.9. The molecule has 0 aliphatic carbocycles. The van der Waals surface area contributed by atoms with Gasteiger partial charge in [-0.25, -0.2) is 0 Å². The van der Waals surface area contributed by atoms with Crippen LogP contribution in [0.2, 0.25) is 0 Å². The third kappa shape index (κ3) is 5.59. The lowest BCUT2D eigenvalue weighted by Crippen LogP contribution is -2.22. The molecule has 1 N–H and O–H groups in total. The van der Waals surface area contributed by atoms with E-state index in [-0.39, 0.29) is 17.1 Å². The monoisotopic (exact) mass is 374 g/mol. The zero-order chi connectivity index (χ0) is 19.1. The number of nitrogens with zero attached hydrogens (tertiary/aromatic N) is 1. The molecule has 0 aliphatic rings. The number of amides is 1. The molecule has 0 aliphatic heterocycles. The zero-order valence-electron chi connectivity index (χ0n) is 14.4. The first kappa shape index (κ1) is 19.5. The smallest absolute Gasteiger partial charge is 0.316 e. The van der Waals surface area contributed by atoms with Gasteiger partial charge in [0.25, 0.3) is 11.6 Å². The number of carbonyl (C=O) groups excluding carboxylic acids is 2. The highest BCUT2D eigenvalue weighted by molar-refractivity contribution is 8.00. The number of nitro benzene ring substituents is 1. The van der Waals surface area contributed by atoms with E-state index in [0.717, 1.165) is 16.0 Å². The summed E-state index contributed by atoms with van der Waals surface area (Å²) in [6.45, 7) is 3.04. The van der Waals surface area contributed by atoms with Crippen molar-refractivity contribution in [1.82, 2.24) is 0 Å². The first-order valence-corrected chi connectivity index (χ1v) is 8.74. The Labute approximate surface area is 154 Å². The molecular formula is C18H18N2O5S. The molecule has 8 heteroatoms. The van der Waals surface area contributed by atoms with Gasteiger partial charge in [0, 0.05) is 11.0 Å². The first-order valence-electron chi connectivity index (χ1n) is 7.76. The summed E-state index contributed by atoms with van der Waals surface area (Å²) in [6, 6.07) is 12.2. The van der Waals surface area contributed by atoms with Crippen molar-refractivity contribution in [2.75, 3.05) is 17.7 Å². The minimum absolute atomic E-state index is 0.0705. The lowest BCUT2D eigenvalue weighted by Gasteiger charge is -2.09. The number of hydrogen-bond donors (Lipinski definition) is 1. The fourth-order valence-corrected chi connectivity index (χ4v) is 2.80. The normalized spacial score (nSPS) is 10.2. The van der Waals surface area contributed by atoms with Gasteiger partial charge < -0.3 is 10.1 Å². The van der Waals surface area contributed by atoms with Gasteiger partial charge in [-0.05, 0) is 43.2 Å². The van der Waals surface area contributed by atoms with Crippen LogP contribution in [-0.4, -0.2) is 29.2 Å². The lowest BCUT2D eigenvalue weighted by atomic mass is 10.1. The number of ether oxygens (including phenoxy) is 1. The van der Waals surface area contributed by atoms with Crippen LogP contribution in [-0.2, 0) is 14.3 Å². The number of carbonyl (C=O) groups is 2. The molecule has 0 unspecified atom stereocenters. The van der Waals surface area contributed by atoms with Crippen molar-refractivity contribution in [1.29, 1.82) is 0 Å². The average molecular weight is 374 g/mol. The Morgan fingerprint density at radius 2 is 1.81 bits per heavy atom. The summed E-state index contributed by atoms with van der Waals surface area (Å²) in [6.07, 6.45) is 0. The third-order valence-electron chi connectivity index (χ3n) is 3.55. The first-order chi connectivity index (χ1) is 12.4. The molecule has 0 fully saturated rings. The summed E-state index contributed by atoms with van der Waals surface area (Å²) < 4.78 is 4.91. The summed E-state index contributed by atoms with van der Waals surface area (Å²) in [7, 11) is 0. The quantitative estimate of drug-likeness (QED) is 0.345. The number of rotatable bonds is 7. The van der Waals surface area contributed by atoms with Crippen LogP contribution in [0.1, 0.15) is 11.1 Å². The topological polar surface area (TPSA) is 98.5 Å². The molecule has 0 atom stereocenters. The van der Waals surface area contributed by atoms with E-state index in [1.54, 1.807) is 13.8 Å². The van der Waals surface area contributed by atoms with E-state index in [9.17, 15) is 19.7 Å². The van der Waals surface area contributed by atoms with Crippen molar-refractivity contribution in [3.8, 4) is 0 Å². The summed E-state index contributed by atoms with van der Waals surface area (Å²) >= 11 is 1.30. The van der Waals surface area contributed by atoms with E-state index in [4.69, 9.17) is 4.74 Å². The van der Waals surface area contributed by atoms with Crippen LogP contribution < -0.4 is 5.32 Å². The van der Waals surface area contributed by atoms with Crippen molar-refractivity contribution >= 4 is 35.0 Å². The molecule has 136 valence electrons. The minimum Gasteiger partial charge on any atom is -0.455 e. The third-order valence-corrected chi connectivity index (χ3v) is 4.53. The van der Waals surface area contributed by atoms with Gasteiger partial charge in [-0.3, -0.25) is 19.7 Å². The average Bonchev–Trinajstić information content (AvgIpc) is 2.61. The number of nitro groups is 1. The molecule has 0 radical (unpaired) electrons. The molecule has 7 nitrogen and oxygen atoms in total. The van der Waals surface area contributed by atoms with E-state index in [2.05, 4.69) is 5.32 Å². The number of aryl methyl sites for hydroxylation is 2. The van der Waals surface area contributed by atoms with E-state index in [0.29, 0.717) is 0 Å². The Kier molecular flexibility index (Phi) is 6.74. The van der Waals surface area contributed by atoms with Crippen LogP contribution in [0.3, 0.4) is 0 Å². The van der Waals surface area contributed by atoms with Gasteiger partial charge in [-0.2, -0.15) is 0 Å². The van der Waals surface area contributed by atoms with Crippen LogP contribution in [0, 0.1) is 24.0 Å². The van der Waals surface area contributed by atoms with Crippen LogP contribution in [0.25, 0.3) is 0 Å². The number of benzene rings is 2. The fourth-order valence-electron chi connectivity index (χ4n) is 2.09. The van der Waals surface area contributed by atoms with Crippen LogP contribution in [0.4, 0.5) is 11.4 Å². The molecule has 2 aromatic carbocycles. The Balaban J connectivity index is 1.88. The summed E-state index contributed by atoms with van der Waals surface area (Å²) in [5.41, 5.74) is 1.44. The number of thioether (sulfide) groups is 1. The second-order valence-electron chi connectivity index (χ2n) is 5.52. The van der Waals surface area contributed by atoms with Crippen molar-refractivity contribution < 1.29 is 19.2 Å². The van der Waals surface area contributed by atoms with Gasteiger partial charge in [0.05, 0.1) is 10.7 Å². The summed E-state index contributed by atoms with van der Waals surface area (Å²) in [5.74, 6) is -1.10. The van der Waals surface area contributed by atoms with Gasteiger partial charge in [0.2, 0.25) is 0 Å². The Morgan fingerprint density at radius 3 is 2.46 bits per heavy atom. The van der Waals surface area contributed by atoms with Gasteiger partial charge in [-0.1, -0.05) is 18.2 Å². The highest BCUT2D eigenvalue weighted by Crippen LogP contribution is 2.27. The van der Waals surface area contributed by atoms with Crippen molar-refractivity contribution in [3.63, 3.8) is 0 Å². The molecular weight excluding hydrogens is 356 g/mol. The maximum Gasteiger partial charge on any atom is 0.316 e. The van der Waals surface area contributed by atoms with Crippen LogP contribution in [0.15, 0.2) is 47.4 Å². The number of nitrogens with one attached hydrogen (secondary N) is 1. The number of hydrogen-bond acceptors (Lipinski definition) is 6. The number of esters is 1. The summed E-state index contributed by atoms with van der Waals surface area (Å²) in [5, 5.41) is 13.5. The predicted octanol–water partition coefficient (Wildman–Crippen LogP) is 3.49. The van der Waals surface area contributed by atoms with E-state index >= 15 is 0 Å². The van der Waals surface area contributed by atoms with E-state index < -0.39 is 23.4 Å². The van der Waals surface area contributed by atoms with Gasteiger partial charge in [0.1, 0.15) is 5.69 Å². The van der Waals surface area contributed by atoms with Crippen molar-refractivity contribution in [2.24, 2.45) is 0 Å². The Hall–Kier alpha value is -2.87. The molecule has 0 aromatic heterocycles. The second-order valence-corrected chi connectivity index (χ2v) is 6.57. The lowest BCUT2D eigenvalue weighted by molar-refractivity contribution is -0.384. The molecule has 0 heterocycles. The molecule has 2 rings (SSSR count). The predicted molar refractivity (Wildman–Crippen MR) is 99.3 cm³/mol. The molecule has 26 heavy (non-hydrogen) atoms. The molecule has 2 aromatic rings. The highest BCUT2D eigenvalue weighted by Gasteiger charge is 2.18. The van der Waals surface area contributed by atoms with Gasteiger partial charge >= 0.3 is 5.97 Å². The SMILES string of the molecule is Cc1cc(NC(=O)COC(=O)CSc2ccccc2)c([N+](=O)[O-])cc1C. The van der Waals surface area contributed by atoms with Gasteiger partial charge in [-0.15, -0.1) is 11.8 Å². The highest BCUT2D eigenvalue weighted by atomic mass is 32.2. The van der Waals surface area contributed by atoms with Crippen LogP contribution in [0.5, 0.6) is 0 Å². The van der Waals surface area contributed by atoms with Gasteiger partial charge in [0.15, 0.2) is 6.61 Å². The molecule has 1 amide bonds. The molecule has 0 saturated heterocycles. The molecule has 0 saturated carbocycles. The van der Waals surface area contributed by atoms with Crippen molar-refractivity contribution in [3.05, 3.63) is 63.7 Å². The van der Waals surface area contributed by atoms with E-state index in [1.165, 1.54) is 23.9 Å². The zero-order valence-corrected chi connectivity index (χ0v) is 15.2. The Bertz CT molecular complexity index is 824. The second kappa shape index (κ2) is 9.00. The summed E-state index contributed by atoms with van der Waals surface area (Å²) in [4.78, 5) is 35.1. The fraction of sp³-hybridized carbons (Fsp3) is 0.222. The van der Waals surface area contributed by atoms with Crippen molar-refractivity contribution in [2.45, 2.75) is 18.7 Å². The minimum atomic E-state index is -0.630. The largest absolute Gasteiger partial charge is 0.455 e. The number of anilines is 1. The van der Waals surface area contributed by atoms with Crippen LogP contribution >= 0.6 is 11.8 Å². The standard InChI is InChI=1S/C18H18N2O5S/c1-12-8-15(16(20(23)24)9-13(12)2)19-17(21)10-25-18(22)11-26-14-6-4-3-5-7-14/h3-9H,10-11H2,1-2H3,(H,19,21).